The summed E-state index contributed by atoms with van der Waals surface area (Å²) in [7, 11) is 0. The molecule has 0 nitrogen and oxygen atoms in total. The van der Waals surface area contributed by atoms with Crippen LogP contribution in [0, 0.1) is 18.2 Å². The van der Waals surface area contributed by atoms with Gasteiger partial charge in [-0.25, -0.2) is 0 Å². The number of benzene rings is 2. The average Bonchev–Trinajstić information content (AvgIpc) is 2.21. The highest BCUT2D eigenvalue weighted by molar-refractivity contribution is 5.62. The predicted octanol–water partition coefficient (Wildman–Crippen LogP) is 2.75. The molecule has 2 aromatic rings. The topological polar surface area (TPSA) is 0 Å². The van der Waals surface area contributed by atoms with Gasteiger partial charge in [0.15, 0.2) is 0 Å². The van der Waals surface area contributed by atoms with E-state index >= 15 is 0 Å². The highest BCUT2D eigenvalue weighted by Crippen LogP contribution is 2.16. The number of hydrogen-bond donors (Lipinski definition) is 0. The van der Waals surface area contributed by atoms with E-state index < -0.39 is 0 Å². The van der Waals surface area contributed by atoms with E-state index in [-0.39, 0.29) is 0 Å². The fraction of sp³-hybridized carbons (Fsp3) is 0. The summed E-state index contributed by atoms with van der Waals surface area (Å²) in [6.07, 6.45) is 0. The average molecular weight is 151 g/mol. The Labute approximate surface area is 72.5 Å². The van der Waals surface area contributed by atoms with Crippen LogP contribution in [-0.2, 0) is 0 Å². The minimum Gasteiger partial charge on any atom is -0.0610 e. The van der Waals surface area contributed by atoms with Gasteiger partial charge in [0, 0.05) is 0 Å². The molecule has 0 aliphatic carbocycles. The van der Waals surface area contributed by atoms with Crippen molar-refractivity contribution >= 4 is 0 Å². The fourth-order valence-electron chi connectivity index (χ4n) is 1.09. The molecule has 0 spiro atoms. The second kappa shape index (κ2) is 3.22. The van der Waals surface area contributed by atoms with Crippen molar-refractivity contribution in [2.75, 3.05) is 0 Å². The Morgan fingerprint density at radius 2 is 1.58 bits per heavy atom. The molecule has 0 fully saturated rings. The van der Waals surface area contributed by atoms with E-state index in [1.165, 1.54) is 0 Å². The van der Waals surface area contributed by atoms with Crippen LogP contribution in [0.2, 0.25) is 0 Å². The second-order valence-corrected chi connectivity index (χ2v) is 2.51. The first-order valence-electron chi connectivity index (χ1n) is 3.80. The Balaban J connectivity index is 2.46. The van der Waals surface area contributed by atoms with Crippen LogP contribution in [0.1, 0.15) is 0 Å². The van der Waals surface area contributed by atoms with Gasteiger partial charge in [-0.1, -0.05) is 18.2 Å². The van der Waals surface area contributed by atoms with Crippen LogP contribution in [0.5, 0.6) is 0 Å². The molecule has 0 aromatic heterocycles. The van der Waals surface area contributed by atoms with E-state index in [1.807, 2.05) is 36.4 Å². The molecule has 0 heterocycles. The van der Waals surface area contributed by atoms with Crippen molar-refractivity contribution in [2.45, 2.75) is 0 Å². The third-order valence-corrected chi connectivity index (χ3v) is 1.68. The molecule has 55 valence electrons. The monoisotopic (exact) mass is 151 g/mol. The molecule has 0 heteroatoms. The molecular formula is C12H7. The molecule has 2 aromatic carbocycles. The molecule has 0 amide bonds. The first-order valence-corrected chi connectivity index (χ1v) is 3.80. The highest BCUT2D eigenvalue weighted by atomic mass is 14.0. The van der Waals surface area contributed by atoms with E-state index in [0.717, 1.165) is 11.1 Å². The lowest BCUT2D eigenvalue weighted by molar-refractivity contribution is 1.60. The van der Waals surface area contributed by atoms with Gasteiger partial charge >= 0.3 is 0 Å². The van der Waals surface area contributed by atoms with E-state index in [0.29, 0.717) is 0 Å². The maximum atomic E-state index is 3.03. The summed E-state index contributed by atoms with van der Waals surface area (Å²) in [4.78, 5) is 0. The lowest BCUT2D eigenvalue weighted by atomic mass is 10.1. The maximum Gasteiger partial charge on any atom is -0.0171 e. The van der Waals surface area contributed by atoms with Crippen LogP contribution in [0.25, 0.3) is 11.1 Å². The molecule has 3 radical (unpaired) electrons. The van der Waals surface area contributed by atoms with Crippen molar-refractivity contribution in [3.05, 3.63) is 60.7 Å². The second-order valence-electron chi connectivity index (χ2n) is 2.51. The Hall–Kier alpha value is -1.56. The van der Waals surface area contributed by atoms with Gasteiger partial charge in [-0.05, 0) is 53.6 Å². The Bertz CT molecular complexity index is 297. The van der Waals surface area contributed by atoms with Crippen molar-refractivity contribution in [2.24, 2.45) is 0 Å². The van der Waals surface area contributed by atoms with Crippen LogP contribution in [0.3, 0.4) is 0 Å². The SMILES string of the molecule is [c]1c[c]cc(-c2c[c]ccc2)c1. The number of rotatable bonds is 1. The maximum absolute atomic E-state index is 3.03. The summed E-state index contributed by atoms with van der Waals surface area (Å²) >= 11 is 0. The third kappa shape index (κ3) is 1.37. The van der Waals surface area contributed by atoms with Crippen LogP contribution in [-0.4, -0.2) is 0 Å². The lowest BCUT2D eigenvalue weighted by Gasteiger charge is -1.97. The molecule has 0 aliphatic heterocycles. The van der Waals surface area contributed by atoms with Gasteiger partial charge in [-0.15, -0.1) is 0 Å². The van der Waals surface area contributed by atoms with E-state index in [1.54, 1.807) is 6.07 Å². The molecule has 0 N–H and O–H groups in total. The Morgan fingerprint density at radius 1 is 0.833 bits per heavy atom. The van der Waals surface area contributed by atoms with Crippen molar-refractivity contribution in [1.82, 2.24) is 0 Å². The van der Waals surface area contributed by atoms with Crippen LogP contribution in [0.4, 0.5) is 0 Å². The van der Waals surface area contributed by atoms with Crippen LogP contribution >= 0.6 is 0 Å². The van der Waals surface area contributed by atoms with E-state index in [9.17, 15) is 0 Å². The molecule has 0 saturated heterocycles. The molecule has 0 saturated carbocycles. The molecular weight excluding hydrogens is 144 g/mol. The Morgan fingerprint density at radius 3 is 2.25 bits per heavy atom. The smallest absolute Gasteiger partial charge is 0.0171 e. The van der Waals surface area contributed by atoms with Gasteiger partial charge in [0.2, 0.25) is 0 Å². The van der Waals surface area contributed by atoms with Crippen molar-refractivity contribution < 1.29 is 0 Å². The molecule has 2 rings (SSSR count). The highest BCUT2D eigenvalue weighted by Gasteiger charge is 1.92. The molecule has 0 bridgehead atoms. The summed E-state index contributed by atoms with van der Waals surface area (Å²) in [5.74, 6) is 0. The zero-order valence-electron chi connectivity index (χ0n) is 6.54. The third-order valence-electron chi connectivity index (χ3n) is 1.68. The Kier molecular flexibility index (Phi) is 1.91. The van der Waals surface area contributed by atoms with Gasteiger partial charge in [-0.3, -0.25) is 0 Å². The lowest BCUT2D eigenvalue weighted by Crippen LogP contribution is -1.74. The summed E-state index contributed by atoms with van der Waals surface area (Å²) < 4.78 is 0. The summed E-state index contributed by atoms with van der Waals surface area (Å²) in [6, 6.07) is 22.5. The van der Waals surface area contributed by atoms with E-state index in [2.05, 4.69) is 18.2 Å². The summed E-state index contributed by atoms with van der Waals surface area (Å²) in [6.45, 7) is 0. The van der Waals surface area contributed by atoms with Gasteiger partial charge in [0.25, 0.3) is 0 Å². The fourth-order valence-corrected chi connectivity index (χ4v) is 1.09. The largest absolute Gasteiger partial charge is 0.0610 e. The quantitative estimate of drug-likeness (QED) is 0.588. The zero-order chi connectivity index (χ0) is 8.23. The zero-order valence-corrected chi connectivity index (χ0v) is 6.54. The van der Waals surface area contributed by atoms with E-state index in [4.69, 9.17) is 0 Å². The van der Waals surface area contributed by atoms with Crippen molar-refractivity contribution in [1.29, 1.82) is 0 Å². The molecule has 0 unspecified atom stereocenters. The first kappa shape index (κ1) is 7.11. The molecule has 0 aliphatic rings. The van der Waals surface area contributed by atoms with Gasteiger partial charge in [0.05, 0.1) is 0 Å². The first-order chi connectivity index (χ1) is 5.97. The minimum atomic E-state index is 1.13. The number of hydrogen-bond acceptors (Lipinski definition) is 0. The van der Waals surface area contributed by atoms with Crippen molar-refractivity contribution in [3.8, 4) is 11.1 Å². The normalized spacial score (nSPS) is 9.67. The minimum absolute atomic E-state index is 1.13. The molecule has 12 heavy (non-hydrogen) atoms. The van der Waals surface area contributed by atoms with Crippen LogP contribution in [0.15, 0.2) is 42.5 Å². The van der Waals surface area contributed by atoms with Gasteiger partial charge in [0.1, 0.15) is 0 Å². The predicted molar refractivity (Wildman–Crippen MR) is 48.4 cm³/mol. The van der Waals surface area contributed by atoms with Gasteiger partial charge < -0.3 is 0 Å². The molecule has 0 atom stereocenters. The standard InChI is InChI=1S/C12H7/c1-3-7-11(8-4-1)12-9-5-2-6-10-12/h1-3,7-10H. The summed E-state index contributed by atoms with van der Waals surface area (Å²) in [5, 5.41) is 0. The summed E-state index contributed by atoms with van der Waals surface area (Å²) in [5.41, 5.74) is 2.29. The van der Waals surface area contributed by atoms with Crippen molar-refractivity contribution in [3.63, 3.8) is 0 Å². The van der Waals surface area contributed by atoms with Gasteiger partial charge in [-0.2, -0.15) is 0 Å². The van der Waals surface area contributed by atoms with Crippen LogP contribution < -0.4 is 0 Å².